The van der Waals surface area contributed by atoms with Gasteiger partial charge in [0.05, 0.1) is 12.2 Å². The lowest BCUT2D eigenvalue weighted by atomic mass is 10.4. The van der Waals surface area contributed by atoms with Crippen LogP contribution in [0, 0.1) is 0 Å². The zero-order valence-electron chi connectivity index (χ0n) is 10.7. The molecule has 0 bridgehead atoms. The first-order valence-electron chi connectivity index (χ1n) is 5.56. The summed E-state index contributed by atoms with van der Waals surface area (Å²) in [7, 11) is -0.445. The molecule has 0 atom stereocenters. The van der Waals surface area contributed by atoms with Crippen molar-refractivity contribution in [2.24, 2.45) is 7.05 Å². The molecule has 2 rings (SSSR count). The van der Waals surface area contributed by atoms with Crippen molar-refractivity contribution in [2.75, 3.05) is 12.8 Å². The number of sulfonamides is 1. The molecule has 8 heteroatoms. The van der Waals surface area contributed by atoms with Crippen LogP contribution in [-0.4, -0.2) is 34.3 Å². The van der Waals surface area contributed by atoms with E-state index in [1.165, 1.54) is 23.6 Å². The molecular weight excluding hydrogens is 266 g/mol. The minimum Gasteiger partial charge on any atom is -0.396 e. The Bertz CT molecular complexity index is 680. The monoisotopic (exact) mass is 281 g/mol. The fourth-order valence-corrected chi connectivity index (χ4v) is 2.74. The van der Waals surface area contributed by atoms with Gasteiger partial charge in [-0.1, -0.05) is 0 Å². The minimum atomic E-state index is -3.72. The molecule has 0 fully saturated rings. The molecule has 2 N–H and O–H groups in total. The van der Waals surface area contributed by atoms with Gasteiger partial charge in [-0.25, -0.2) is 18.4 Å². The van der Waals surface area contributed by atoms with E-state index in [1.807, 2.05) is 0 Å². The maximum Gasteiger partial charge on any atom is 0.262 e. The molecule has 2 heterocycles. The van der Waals surface area contributed by atoms with E-state index >= 15 is 0 Å². The average molecular weight is 281 g/mol. The van der Waals surface area contributed by atoms with Crippen molar-refractivity contribution in [2.45, 2.75) is 11.6 Å². The standard InChI is InChI=1S/C11H15N5O2S/c1-15-7-6-13-10(15)8-16(2)19(17,18)11-9(12)4-3-5-14-11/h3-7H,8,12H2,1-2H3. The van der Waals surface area contributed by atoms with E-state index in [2.05, 4.69) is 9.97 Å². The molecule has 0 aliphatic rings. The van der Waals surface area contributed by atoms with Crippen molar-refractivity contribution in [3.8, 4) is 0 Å². The molecule has 0 aliphatic heterocycles. The van der Waals surface area contributed by atoms with Gasteiger partial charge in [-0.3, -0.25) is 0 Å². The fraction of sp³-hybridized carbons (Fsp3) is 0.273. The van der Waals surface area contributed by atoms with Crippen molar-refractivity contribution < 1.29 is 8.42 Å². The van der Waals surface area contributed by atoms with Gasteiger partial charge in [0, 0.05) is 32.7 Å². The summed E-state index contributed by atoms with van der Waals surface area (Å²) >= 11 is 0. The lowest BCUT2D eigenvalue weighted by molar-refractivity contribution is 0.449. The summed E-state index contributed by atoms with van der Waals surface area (Å²) in [5, 5.41) is -0.133. The number of hydrogen-bond donors (Lipinski definition) is 1. The number of nitrogen functional groups attached to an aromatic ring is 1. The average Bonchev–Trinajstić information content (AvgIpc) is 2.75. The topological polar surface area (TPSA) is 94.1 Å². The third kappa shape index (κ3) is 2.59. The van der Waals surface area contributed by atoms with Crippen LogP contribution < -0.4 is 5.73 Å². The molecule has 0 spiro atoms. The summed E-state index contributed by atoms with van der Waals surface area (Å²) < 4.78 is 27.6. The molecule has 0 unspecified atom stereocenters. The number of nitrogens with two attached hydrogens (primary N) is 1. The second kappa shape index (κ2) is 4.98. The van der Waals surface area contributed by atoms with E-state index < -0.39 is 10.0 Å². The number of aryl methyl sites for hydroxylation is 1. The van der Waals surface area contributed by atoms with Gasteiger partial charge in [-0.2, -0.15) is 4.31 Å². The van der Waals surface area contributed by atoms with Gasteiger partial charge in [0.25, 0.3) is 10.0 Å². The highest BCUT2D eigenvalue weighted by Crippen LogP contribution is 2.19. The van der Waals surface area contributed by atoms with Gasteiger partial charge in [0.1, 0.15) is 5.82 Å². The summed E-state index contributed by atoms with van der Waals surface area (Å²) in [6.07, 6.45) is 4.77. The molecule has 0 saturated heterocycles. The second-order valence-electron chi connectivity index (χ2n) is 4.11. The zero-order chi connectivity index (χ0) is 14.0. The van der Waals surface area contributed by atoms with Crippen molar-refractivity contribution in [3.05, 3.63) is 36.5 Å². The Morgan fingerprint density at radius 2 is 2.11 bits per heavy atom. The Kier molecular flexibility index (Phi) is 3.54. The first kappa shape index (κ1) is 13.5. The molecule has 0 aromatic carbocycles. The highest BCUT2D eigenvalue weighted by atomic mass is 32.2. The van der Waals surface area contributed by atoms with Crippen LogP contribution in [0.2, 0.25) is 0 Å². The van der Waals surface area contributed by atoms with Gasteiger partial charge in [0.2, 0.25) is 0 Å². The minimum absolute atomic E-state index is 0.133. The summed E-state index contributed by atoms with van der Waals surface area (Å²) in [4.78, 5) is 7.93. The van der Waals surface area contributed by atoms with Crippen LogP contribution in [-0.2, 0) is 23.6 Å². The van der Waals surface area contributed by atoms with Crippen LogP contribution in [0.3, 0.4) is 0 Å². The fourth-order valence-electron chi connectivity index (χ4n) is 1.60. The largest absolute Gasteiger partial charge is 0.396 e. The number of rotatable bonds is 4. The molecule has 0 radical (unpaired) electrons. The molecule has 2 aromatic rings. The Labute approximate surface area is 111 Å². The Morgan fingerprint density at radius 3 is 2.68 bits per heavy atom. The van der Waals surface area contributed by atoms with Gasteiger partial charge in [-0.15, -0.1) is 0 Å². The Morgan fingerprint density at radius 1 is 1.37 bits per heavy atom. The predicted octanol–water partition coefficient (Wildman–Crippen LogP) is 0.218. The number of pyridine rings is 1. The molecular formula is C11H15N5O2S. The lowest BCUT2D eigenvalue weighted by Crippen LogP contribution is -2.29. The van der Waals surface area contributed by atoms with Gasteiger partial charge in [-0.05, 0) is 12.1 Å². The van der Waals surface area contributed by atoms with E-state index in [9.17, 15) is 8.42 Å². The van der Waals surface area contributed by atoms with Crippen LogP contribution in [0.5, 0.6) is 0 Å². The first-order chi connectivity index (χ1) is 8.93. The van der Waals surface area contributed by atoms with Crippen LogP contribution in [0.25, 0.3) is 0 Å². The normalized spacial score (nSPS) is 11.9. The zero-order valence-corrected chi connectivity index (χ0v) is 11.5. The maximum absolute atomic E-state index is 12.3. The third-order valence-corrected chi connectivity index (χ3v) is 4.52. The van der Waals surface area contributed by atoms with Crippen LogP contribution in [0.4, 0.5) is 5.69 Å². The van der Waals surface area contributed by atoms with Crippen LogP contribution >= 0.6 is 0 Å². The van der Waals surface area contributed by atoms with Crippen molar-refractivity contribution >= 4 is 15.7 Å². The number of imidazole rings is 1. The predicted molar refractivity (Wildman–Crippen MR) is 70.5 cm³/mol. The number of aromatic nitrogens is 3. The quantitative estimate of drug-likeness (QED) is 0.865. The van der Waals surface area contributed by atoms with Gasteiger partial charge < -0.3 is 10.3 Å². The van der Waals surface area contributed by atoms with Crippen LogP contribution in [0.1, 0.15) is 5.82 Å². The molecule has 102 valence electrons. The van der Waals surface area contributed by atoms with E-state index in [0.29, 0.717) is 5.82 Å². The van der Waals surface area contributed by atoms with Crippen molar-refractivity contribution in [1.29, 1.82) is 0 Å². The van der Waals surface area contributed by atoms with Crippen molar-refractivity contribution in [1.82, 2.24) is 18.8 Å². The van der Waals surface area contributed by atoms with E-state index in [0.717, 1.165) is 0 Å². The van der Waals surface area contributed by atoms with Gasteiger partial charge >= 0.3 is 0 Å². The maximum atomic E-state index is 12.3. The van der Waals surface area contributed by atoms with E-state index in [1.54, 1.807) is 30.1 Å². The Hall–Kier alpha value is -1.93. The summed E-state index contributed by atoms with van der Waals surface area (Å²) in [5.41, 5.74) is 5.79. The SMILES string of the molecule is CN(Cc1nccn1C)S(=O)(=O)c1ncccc1N. The highest BCUT2D eigenvalue weighted by Gasteiger charge is 2.25. The summed E-state index contributed by atoms with van der Waals surface area (Å²) in [6.45, 7) is 0.155. The number of anilines is 1. The molecule has 19 heavy (non-hydrogen) atoms. The summed E-state index contributed by atoms with van der Waals surface area (Å²) in [5.74, 6) is 0.639. The number of hydrogen-bond acceptors (Lipinski definition) is 5. The van der Waals surface area contributed by atoms with Gasteiger partial charge in [0.15, 0.2) is 5.03 Å². The second-order valence-corrected chi connectivity index (χ2v) is 6.07. The first-order valence-corrected chi connectivity index (χ1v) is 7.00. The third-order valence-electron chi connectivity index (χ3n) is 2.74. The number of nitrogens with zero attached hydrogens (tertiary/aromatic N) is 4. The summed E-state index contributed by atoms with van der Waals surface area (Å²) in [6, 6.07) is 3.10. The molecule has 0 aliphatic carbocycles. The lowest BCUT2D eigenvalue weighted by Gasteiger charge is -2.17. The Balaban J connectivity index is 2.30. The van der Waals surface area contributed by atoms with E-state index in [-0.39, 0.29) is 17.3 Å². The smallest absolute Gasteiger partial charge is 0.262 e. The molecule has 2 aromatic heterocycles. The molecule has 7 nitrogen and oxygen atoms in total. The molecule has 0 saturated carbocycles. The van der Waals surface area contributed by atoms with E-state index in [4.69, 9.17) is 5.73 Å². The van der Waals surface area contributed by atoms with Crippen LogP contribution in [0.15, 0.2) is 35.7 Å². The van der Waals surface area contributed by atoms with Crippen molar-refractivity contribution in [3.63, 3.8) is 0 Å². The molecule has 0 amide bonds. The highest BCUT2D eigenvalue weighted by molar-refractivity contribution is 7.89.